The number of benzene rings is 1. The summed E-state index contributed by atoms with van der Waals surface area (Å²) in [4.78, 5) is 0. The van der Waals surface area contributed by atoms with E-state index in [1.807, 2.05) is 0 Å². The maximum absolute atomic E-state index is 10.9. The molecule has 0 aliphatic rings. The monoisotopic (exact) mass is 187 g/mol. The van der Waals surface area contributed by atoms with Gasteiger partial charge in [0, 0.05) is 5.56 Å². The highest BCUT2D eigenvalue weighted by atomic mass is 32.2. The van der Waals surface area contributed by atoms with Crippen molar-refractivity contribution in [2.45, 2.75) is 5.44 Å². The molecule has 65 valence electrons. The molecule has 1 aromatic carbocycles. The van der Waals surface area contributed by atoms with Crippen molar-refractivity contribution < 1.29 is 18.1 Å². The SMILES string of the molecule is [O]C(c1ccccc1)S(=O)(=O)O. The minimum atomic E-state index is -4.51. The molecular formula is C7H7O4S. The molecule has 0 aliphatic heterocycles. The molecule has 0 amide bonds. The van der Waals surface area contributed by atoms with E-state index >= 15 is 0 Å². The van der Waals surface area contributed by atoms with Crippen molar-refractivity contribution in [1.82, 2.24) is 0 Å². The van der Waals surface area contributed by atoms with E-state index in [0.29, 0.717) is 0 Å². The fourth-order valence-corrected chi connectivity index (χ4v) is 1.28. The molecule has 0 spiro atoms. The first-order valence-corrected chi connectivity index (χ1v) is 4.69. The summed E-state index contributed by atoms with van der Waals surface area (Å²) in [5.74, 6) is 0. The Kier molecular flexibility index (Phi) is 2.46. The molecule has 5 heteroatoms. The highest BCUT2D eigenvalue weighted by Gasteiger charge is 2.22. The summed E-state index contributed by atoms with van der Waals surface area (Å²) in [6.45, 7) is 0. The summed E-state index contributed by atoms with van der Waals surface area (Å²) < 4.78 is 29.1. The lowest BCUT2D eigenvalue weighted by atomic mass is 10.2. The van der Waals surface area contributed by atoms with Crippen LogP contribution in [-0.2, 0) is 15.2 Å². The Bertz CT molecular complexity index is 343. The van der Waals surface area contributed by atoms with Gasteiger partial charge in [-0.25, -0.2) is 5.11 Å². The Morgan fingerprint density at radius 2 is 1.67 bits per heavy atom. The fourth-order valence-electron chi connectivity index (χ4n) is 0.782. The van der Waals surface area contributed by atoms with Crippen molar-refractivity contribution in [1.29, 1.82) is 0 Å². The van der Waals surface area contributed by atoms with Gasteiger partial charge in [0.1, 0.15) is 0 Å². The third kappa shape index (κ3) is 2.04. The average molecular weight is 187 g/mol. The quantitative estimate of drug-likeness (QED) is 0.702. The van der Waals surface area contributed by atoms with Gasteiger partial charge in [-0.15, -0.1) is 0 Å². The molecule has 12 heavy (non-hydrogen) atoms. The van der Waals surface area contributed by atoms with Crippen LogP contribution in [0.5, 0.6) is 0 Å². The lowest BCUT2D eigenvalue weighted by Gasteiger charge is -2.03. The Balaban J connectivity index is 3.02. The molecule has 0 saturated carbocycles. The molecule has 1 atom stereocenters. The topological polar surface area (TPSA) is 74.3 Å². The average Bonchev–Trinajstić information content (AvgIpc) is 2.03. The minimum absolute atomic E-state index is 0.0417. The van der Waals surface area contributed by atoms with Gasteiger partial charge in [-0.1, -0.05) is 30.3 Å². The van der Waals surface area contributed by atoms with Crippen LogP contribution in [0, 0.1) is 0 Å². The van der Waals surface area contributed by atoms with Gasteiger partial charge in [-0.05, 0) is 0 Å². The van der Waals surface area contributed by atoms with Gasteiger partial charge in [0.05, 0.1) is 0 Å². The molecule has 1 radical (unpaired) electrons. The third-order valence-electron chi connectivity index (χ3n) is 1.34. The molecule has 0 aliphatic carbocycles. The van der Waals surface area contributed by atoms with Crippen LogP contribution in [0.2, 0.25) is 0 Å². The zero-order valence-corrected chi connectivity index (χ0v) is 6.86. The highest BCUT2D eigenvalue weighted by Crippen LogP contribution is 2.17. The van der Waals surface area contributed by atoms with Crippen molar-refractivity contribution in [2.75, 3.05) is 0 Å². The standard InChI is InChI=1S/C7H7O4S/c8-7(12(9,10)11)6-4-2-1-3-5-6/h1-5,7H,(H,9,10,11). The zero-order chi connectivity index (χ0) is 9.19. The molecule has 1 unspecified atom stereocenters. The largest absolute Gasteiger partial charge is 0.300 e. The van der Waals surface area contributed by atoms with Crippen LogP contribution in [-0.4, -0.2) is 13.0 Å². The normalized spacial score (nSPS) is 14.2. The first kappa shape index (κ1) is 9.18. The lowest BCUT2D eigenvalue weighted by Crippen LogP contribution is -2.09. The van der Waals surface area contributed by atoms with Crippen molar-refractivity contribution in [2.24, 2.45) is 0 Å². The van der Waals surface area contributed by atoms with E-state index in [-0.39, 0.29) is 5.56 Å². The maximum Gasteiger partial charge on any atom is 0.300 e. The summed E-state index contributed by atoms with van der Waals surface area (Å²) in [5.41, 5.74) is -2.06. The van der Waals surface area contributed by atoms with E-state index in [9.17, 15) is 13.5 Å². The van der Waals surface area contributed by atoms with Crippen molar-refractivity contribution >= 4 is 10.1 Å². The van der Waals surface area contributed by atoms with Gasteiger partial charge in [-0.2, -0.15) is 8.42 Å². The van der Waals surface area contributed by atoms with E-state index in [0.717, 1.165) is 0 Å². The lowest BCUT2D eigenvalue weighted by molar-refractivity contribution is 0.147. The van der Waals surface area contributed by atoms with Crippen molar-refractivity contribution in [3.05, 3.63) is 35.9 Å². The molecule has 0 heterocycles. The van der Waals surface area contributed by atoms with Crippen LogP contribution in [0.3, 0.4) is 0 Å². The van der Waals surface area contributed by atoms with E-state index in [1.165, 1.54) is 24.3 Å². The maximum atomic E-state index is 10.9. The summed E-state index contributed by atoms with van der Waals surface area (Å²) in [5, 5.41) is 10.9. The van der Waals surface area contributed by atoms with Gasteiger partial charge >= 0.3 is 0 Å². The van der Waals surface area contributed by atoms with Crippen LogP contribution in [0.1, 0.15) is 11.0 Å². The van der Waals surface area contributed by atoms with Crippen molar-refractivity contribution in [3.63, 3.8) is 0 Å². The van der Waals surface area contributed by atoms with Gasteiger partial charge in [0.25, 0.3) is 10.1 Å². The molecule has 1 aromatic rings. The Hall–Kier alpha value is -0.910. The fraction of sp³-hybridized carbons (Fsp3) is 0.143. The molecule has 1 N–H and O–H groups in total. The predicted octanol–water partition coefficient (Wildman–Crippen LogP) is 1.00. The number of hydrogen-bond acceptors (Lipinski definition) is 2. The van der Waals surface area contributed by atoms with Crippen LogP contribution in [0.25, 0.3) is 0 Å². The second-order valence-electron chi connectivity index (χ2n) is 2.26. The Morgan fingerprint density at radius 3 is 2.08 bits per heavy atom. The molecule has 0 bridgehead atoms. The summed E-state index contributed by atoms with van der Waals surface area (Å²) in [6.07, 6.45) is 0. The predicted molar refractivity (Wildman–Crippen MR) is 41.4 cm³/mol. The molecular weight excluding hydrogens is 180 g/mol. The Morgan fingerprint density at radius 1 is 1.17 bits per heavy atom. The highest BCUT2D eigenvalue weighted by molar-refractivity contribution is 7.85. The van der Waals surface area contributed by atoms with Gasteiger partial charge < -0.3 is 0 Å². The molecule has 1 rings (SSSR count). The first-order chi connectivity index (χ1) is 5.52. The van der Waals surface area contributed by atoms with Crippen LogP contribution in [0.4, 0.5) is 0 Å². The van der Waals surface area contributed by atoms with Crippen LogP contribution >= 0.6 is 0 Å². The Labute approximate surface area is 70.2 Å². The van der Waals surface area contributed by atoms with Crippen molar-refractivity contribution in [3.8, 4) is 0 Å². The first-order valence-electron chi connectivity index (χ1n) is 3.19. The van der Waals surface area contributed by atoms with E-state index < -0.39 is 15.6 Å². The van der Waals surface area contributed by atoms with E-state index in [2.05, 4.69) is 0 Å². The van der Waals surface area contributed by atoms with Gasteiger partial charge in [0.15, 0.2) is 0 Å². The molecule has 0 fully saturated rings. The van der Waals surface area contributed by atoms with E-state index in [4.69, 9.17) is 4.55 Å². The van der Waals surface area contributed by atoms with Gasteiger partial charge in [-0.3, -0.25) is 4.55 Å². The molecule has 0 saturated heterocycles. The second-order valence-corrected chi connectivity index (χ2v) is 3.72. The summed E-state index contributed by atoms with van der Waals surface area (Å²) >= 11 is 0. The van der Waals surface area contributed by atoms with E-state index in [1.54, 1.807) is 6.07 Å². The molecule has 0 aromatic heterocycles. The smallest absolute Gasteiger partial charge is 0.283 e. The third-order valence-corrected chi connectivity index (χ3v) is 2.16. The number of hydrogen-bond donors (Lipinski definition) is 1. The summed E-state index contributed by atoms with van der Waals surface area (Å²) in [6, 6.07) is 7.42. The van der Waals surface area contributed by atoms with Crippen LogP contribution < -0.4 is 0 Å². The summed E-state index contributed by atoms with van der Waals surface area (Å²) in [7, 11) is -4.51. The number of rotatable bonds is 2. The zero-order valence-electron chi connectivity index (χ0n) is 6.04. The molecule has 4 nitrogen and oxygen atoms in total. The van der Waals surface area contributed by atoms with Crippen LogP contribution in [0.15, 0.2) is 30.3 Å². The minimum Gasteiger partial charge on any atom is -0.283 e. The second kappa shape index (κ2) is 3.22. The van der Waals surface area contributed by atoms with Gasteiger partial charge in [0.2, 0.25) is 5.44 Å².